The van der Waals surface area contributed by atoms with E-state index < -0.39 is 27.9 Å². The Balaban J connectivity index is 2.53. The Morgan fingerprint density at radius 3 is 2.33 bits per heavy atom. The lowest BCUT2D eigenvalue weighted by molar-refractivity contribution is -0.148. The van der Waals surface area contributed by atoms with Gasteiger partial charge in [-0.25, -0.2) is 0 Å². The number of benzene rings is 1. The minimum Gasteiger partial charge on any atom is -0.458 e. The van der Waals surface area contributed by atoms with Gasteiger partial charge < -0.3 is 4.74 Å². The lowest BCUT2D eigenvalue weighted by atomic mass is 10.2. The summed E-state index contributed by atoms with van der Waals surface area (Å²) in [5, 5.41) is -4.50. The van der Waals surface area contributed by atoms with Crippen molar-refractivity contribution in [1.29, 1.82) is 0 Å². The van der Waals surface area contributed by atoms with Gasteiger partial charge >= 0.3 is 21.3 Å². The highest BCUT2D eigenvalue weighted by Gasteiger charge is 2.45. The zero-order chi connectivity index (χ0) is 13.8. The van der Waals surface area contributed by atoms with Gasteiger partial charge in [-0.05, 0) is 5.56 Å². The van der Waals surface area contributed by atoms with Crippen LogP contribution in [-0.4, -0.2) is 30.8 Å². The smallest absolute Gasteiger partial charge is 0.402 e. The topological polar surface area (TPSA) is 80.7 Å². The summed E-state index contributed by atoms with van der Waals surface area (Å²) < 4.78 is 58.2. The minimum atomic E-state index is -5.58. The highest BCUT2D eigenvalue weighted by molar-refractivity contribution is 7.86. The third-order valence-corrected chi connectivity index (χ3v) is 2.84. The van der Waals surface area contributed by atoms with Gasteiger partial charge in [0, 0.05) is 0 Å². The van der Waals surface area contributed by atoms with Crippen molar-refractivity contribution >= 4 is 16.1 Å². The number of hydrogen-bond acceptors (Lipinski definition) is 4. The van der Waals surface area contributed by atoms with Gasteiger partial charge in [-0.3, -0.25) is 9.35 Å². The Morgan fingerprint density at radius 1 is 1.28 bits per heavy atom. The number of esters is 1. The van der Waals surface area contributed by atoms with E-state index in [0.717, 1.165) is 0 Å². The summed E-state index contributed by atoms with van der Waals surface area (Å²) in [5.74, 6) is -1.01. The van der Waals surface area contributed by atoms with E-state index in [1.165, 1.54) is 0 Å². The molecule has 0 bridgehead atoms. The molecule has 0 saturated heterocycles. The van der Waals surface area contributed by atoms with Crippen LogP contribution in [-0.2, 0) is 26.1 Å². The Morgan fingerprint density at radius 2 is 1.83 bits per heavy atom. The third-order valence-electron chi connectivity index (χ3n) is 1.97. The molecule has 0 saturated carbocycles. The fourth-order valence-electron chi connectivity index (χ4n) is 1.05. The first kappa shape index (κ1) is 14.5. The lowest BCUT2D eigenvalue weighted by Gasteiger charge is -2.12. The number of alkyl halides is 2. The van der Waals surface area contributed by atoms with Crippen LogP contribution in [0.2, 0.25) is 0 Å². The van der Waals surface area contributed by atoms with Crippen LogP contribution >= 0.6 is 0 Å². The molecule has 0 amide bonds. The van der Waals surface area contributed by atoms with Crippen LogP contribution < -0.4 is 0 Å². The number of ether oxygens (including phenoxy) is 1. The molecule has 1 rings (SSSR count). The molecule has 18 heavy (non-hydrogen) atoms. The maximum Gasteiger partial charge on any atom is 0.402 e. The van der Waals surface area contributed by atoms with Gasteiger partial charge in [-0.2, -0.15) is 17.2 Å². The molecule has 0 atom stereocenters. The zero-order valence-corrected chi connectivity index (χ0v) is 9.86. The fraction of sp³-hybridized carbons (Fsp3) is 0.300. The van der Waals surface area contributed by atoms with Gasteiger partial charge in [0.15, 0.2) is 6.61 Å². The molecule has 5 nitrogen and oxygen atoms in total. The van der Waals surface area contributed by atoms with E-state index in [4.69, 9.17) is 4.55 Å². The van der Waals surface area contributed by atoms with Crippen molar-refractivity contribution < 1.29 is 31.3 Å². The highest BCUT2D eigenvalue weighted by atomic mass is 32.2. The van der Waals surface area contributed by atoms with Crippen LogP contribution in [0.3, 0.4) is 0 Å². The maximum absolute atomic E-state index is 12.7. The van der Waals surface area contributed by atoms with Gasteiger partial charge in [-0.15, -0.1) is 0 Å². The maximum atomic E-state index is 12.7. The number of carbonyl (C=O) groups is 1. The monoisotopic (exact) mass is 280 g/mol. The van der Waals surface area contributed by atoms with Crippen LogP contribution in [0.1, 0.15) is 5.56 Å². The number of carbonyl (C=O) groups excluding carboxylic acids is 1. The van der Waals surface area contributed by atoms with Crippen molar-refractivity contribution in [2.75, 3.05) is 6.61 Å². The molecular formula is C10H10F2O5S. The van der Waals surface area contributed by atoms with Crippen molar-refractivity contribution in [2.45, 2.75) is 11.7 Å². The molecule has 0 aromatic heterocycles. The van der Waals surface area contributed by atoms with E-state index in [2.05, 4.69) is 4.74 Å². The van der Waals surface area contributed by atoms with Gasteiger partial charge in [-0.1, -0.05) is 30.3 Å². The van der Waals surface area contributed by atoms with Gasteiger partial charge in [0.25, 0.3) is 0 Å². The van der Waals surface area contributed by atoms with E-state index in [-0.39, 0.29) is 6.42 Å². The molecule has 1 aromatic rings. The van der Waals surface area contributed by atoms with Crippen molar-refractivity contribution in [2.24, 2.45) is 0 Å². The van der Waals surface area contributed by atoms with Crippen molar-refractivity contribution in [3.05, 3.63) is 35.9 Å². The SMILES string of the molecule is O=C(Cc1ccccc1)OCC(F)(F)S(=O)(=O)O. The molecule has 0 aliphatic carbocycles. The zero-order valence-electron chi connectivity index (χ0n) is 9.05. The van der Waals surface area contributed by atoms with Gasteiger partial charge in [0.1, 0.15) is 0 Å². The van der Waals surface area contributed by atoms with E-state index in [1.807, 2.05) is 0 Å². The average molecular weight is 280 g/mol. The summed E-state index contributed by atoms with van der Waals surface area (Å²) in [6, 6.07) is 8.18. The summed E-state index contributed by atoms with van der Waals surface area (Å²) >= 11 is 0. The van der Waals surface area contributed by atoms with Gasteiger partial charge in [0.05, 0.1) is 6.42 Å². The minimum absolute atomic E-state index is 0.262. The van der Waals surface area contributed by atoms with E-state index >= 15 is 0 Å². The van der Waals surface area contributed by atoms with Crippen LogP contribution in [0.4, 0.5) is 8.78 Å². The summed E-state index contributed by atoms with van der Waals surface area (Å²) in [4.78, 5) is 11.2. The van der Waals surface area contributed by atoms with Crippen LogP contribution in [0, 0.1) is 0 Å². The highest BCUT2D eigenvalue weighted by Crippen LogP contribution is 2.20. The lowest BCUT2D eigenvalue weighted by Crippen LogP contribution is -2.34. The van der Waals surface area contributed by atoms with Crippen molar-refractivity contribution in [1.82, 2.24) is 0 Å². The largest absolute Gasteiger partial charge is 0.458 e. The number of hydrogen-bond donors (Lipinski definition) is 1. The molecule has 8 heteroatoms. The quantitative estimate of drug-likeness (QED) is 0.648. The first-order chi connectivity index (χ1) is 8.22. The third kappa shape index (κ3) is 4.04. The molecule has 0 unspecified atom stereocenters. The predicted octanol–water partition coefficient (Wildman–Crippen LogP) is 1.25. The molecular weight excluding hydrogens is 270 g/mol. The molecule has 0 aliphatic rings. The van der Waals surface area contributed by atoms with Crippen molar-refractivity contribution in [3.8, 4) is 0 Å². The van der Waals surface area contributed by atoms with Crippen LogP contribution in [0.15, 0.2) is 30.3 Å². The first-order valence-electron chi connectivity index (χ1n) is 4.77. The summed E-state index contributed by atoms with van der Waals surface area (Å²) in [6.07, 6.45) is -0.262. The second kappa shape index (κ2) is 5.40. The molecule has 0 aliphatic heterocycles. The molecule has 1 aromatic carbocycles. The first-order valence-corrected chi connectivity index (χ1v) is 6.21. The second-order valence-corrected chi connectivity index (χ2v) is 4.98. The Hall–Kier alpha value is -1.54. The standard InChI is InChI=1S/C10H10F2O5S/c11-10(12,18(14,15)16)7-17-9(13)6-8-4-2-1-3-5-8/h1-5H,6-7H2,(H,14,15,16). The van der Waals surface area contributed by atoms with E-state index in [0.29, 0.717) is 5.56 Å². The van der Waals surface area contributed by atoms with Crippen LogP contribution in [0.25, 0.3) is 0 Å². The predicted molar refractivity (Wildman–Crippen MR) is 57.6 cm³/mol. The Labute approximate surface area is 102 Å². The molecule has 100 valence electrons. The van der Waals surface area contributed by atoms with Crippen LogP contribution in [0.5, 0.6) is 0 Å². The molecule has 0 fully saturated rings. The summed E-state index contributed by atoms with van der Waals surface area (Å²) in [6.45, 7) is -1.71. The number of rotatable bonds is 5. The fourth-order valence-corrected chi connectivity index (χ4v) is 1.26. The average Bonchev–Trinajstić information content (AvgIpc) is 2.26. The summed E-state index contributed by atoms with van der Waals surface area (Å²) in [5.41, 5.74) is 0.540. The van der Waals surface area contributed by atoms with E-state index in [9.17, 15) is 22.0 Å². The van der Waals surface area contributed by atoms with E-state index in [1.54, 1.807) is 30.3 Å². The second-order valence-electron chi connectivity index (χ2n) is 3.44. The Bertz CT molecular complexity index is 512. The molecule has 0 heterocycles. The molecule has 0 radical (unpaired) electrons. The number of halogens is 2. The molecule has 1 N–H and O–H groups in total. The van der Waals surface area contributed by atoms with Gasteiger partial charge in [0.2, 0.25) is 0 Å². The summed E-state index contributed by atoms with van der Waals surface area (Å²) in [7, 11) is -5.58. The molecule has 0 spiro atoms. The Kier molecular flexibility index (Phi) is 4.36. The van der Waals surface area contributed by atoms with Crippen molar-refractivity contribution in [3.63, 3.8) is 0 Å². The normalized spacial score (nSPS) is 12.2.